The molecule has 1 heterocycles. The molecule has 1 aromatic carbocycles. The van der Waals surface area contributed by atoms with Crippen LogP contribution in [0, 0.1) is 0 Å². The summed E-state index contributed by atoms with van der Waals surface area (Å²) in [6.45, 7) is -0.983. The lowest BCUT2D eigenvalue weighted by molar-refractivity contribution is -0.683. The van der Waals surface area contributed by atoms with Gasteiger partial charge in [-0.2, -0.15) is 4.57 Å². The number of ether oxygens (including phenoxy) is 1. The molecular weight excluding hydrogens is 261 g/mol. The van der Waals surface area contributed by atoms with Crippen LogP contribution in [0.1, 0.15) is 20.7 Å². The number of benzene rings is 1. The lowest BCUT2D eigenvalue weighted by atomic mass is 10.1. The summed E-state index contributed by atoms with van der Waals surface area (Å²) in [6, 6.07) is 11.9. The molecule has 1 aromatic heterocycles. The van der Waals surface area contributed by atoms with Crippen molar-refractivity contribution in [2.24, 2.45) is 0 Å². The lowest BCUT2D eigenvalue weighted by Gasteiger charge is -2.00. The Hall–Kier alpha value is -2.56. The van der Waals surface area contributed by atoms with Crippen LogP contribution in [-0.4, -0.2) is 18.6 Å². The van der Waals surface area contributed by atoms with Gasteiger partial charge in [0.05, 0.1) is 5.56 Å². The predicted molar refractivity (Wildman–Crippen MR) is 68.8 cm³/mol. The van der Waals surface area contributed by atoms with E-state index in [1.54, 1.807) is 41.2 Å². The number of nitrogens with zero attached hydrogens (tertiary/aromatic N) is 1. The number of hydrogen-bond donors (Lipinski definition) is 0. The normalized spacial score (nSPS) is 10.1. The van der Waals surface area contributed by atoms with Gasteiger partial charge in [-0.05, 0) is 0 Å². The third kappa shape index (κ3) is 3.47. The van der Waals surface area contributed by atoms with E-state index in [2.05, 4.69) is 4.74 Å². The number of aromatic nitrogens is 1. The number of pyridine rings is 1. The van der Waals surface area contributed by atoms with Gasteiger partial charge in [-0.25, -0.2) is 9.18 Å². The molecule has 0 unspecified atom stereocenters. The second-order valence-corrected chi connectivity index (χ2v) is 4.09. The van der Waals surface area contributed by atoms with E-state index in [1.807, 2.05) is 6.07 Å². The van der Waals surface area contributed by atoms with Crippen molar-refractivity contribution < 1.29 is 23.3 Å². The van der Waals surface area contributed by atoms with Crippen molar-refractivity contribution in [3.05, 3.63) is 66.0 Å². The molecule has 0 aliphatic heterocycles. The summed E-state index contributed by atoms with van der Waals surface area (Å²) in [6.07, 6.45) is 3.16. The molecule has 20 heavy (non-hydrogen) atoms. The fourth-order valence-corrected chi connectivity index (χ4v) is 1.71. The first-order valence-electron chi connectivity index (χ1n) is 6.01. The first-order chi connectivity index (χ1) is 9.70. The Morgan fingerprint density at radius 3 is 2.25 bits per heavy atom. The molecular formula is C15H13FNO3+. The molecule has 0 bridgehead atoms. The van der Waals surface area contributed by atoms with Crippen LogP contribution in [0.5, 0.6) is 0 Å². The Morgan fingerprint density at radius 2 is 1.65 bits per heavy atom. The van der Waals surface area contributed by atoms with Gasteiger partial charge in [0.1, 0.15) is 0 Å². The minimum Gasteiger partial charge on any atom is -0.430 e. The van der Waals surface area contributed by atoms with Gasteiger partial charge < -0.3 is 4.74 Å². The molecule has 0 aliphatic carbocycles. The predicted octanol–water partition coefficient (Wildman–Crippen LogP) is 1.94. The van der Waals surface area contributed by atoms with Crippen molar-refractivity contribution >= 4 is 11.8 Å². The SMILES string of the molecule is O=C(C[n+]1ccc(C(=O)OCF)cc1)c1ccccc1. The van der Waals surface area contributed by atoms with E-state index in [-0.39, 0.29) is 17.9 Å². The maximum atomic E-state index is 12.0. The molecule has 4 nitrogen and oxygen atoms in total. The Bertz CT molecular complexity index is 596. The summed E-state index contributed by atoms with van der Waals surface area (Å²) < 4.78 is 17.8. The molecule has 2 rings (SSSR count). The molecule has 0 saturated heterocycles. The van der Waals surface area contributed by atoms with Gasteiger partial charge >= 0.3 is 5.97 Å². The summed E-state index contributed by atoms with van der Waals surface area (Å²) in [5.74, 6) is -0.760. The van der Waals surface area contributed by atoms with Gasteiger partial charge in [-0.3, -0.25) is 4.79 Å². The topological polar surface area (TPSA) is 47.2 Å². The van der Waals surface area contributed by atoms with Gasteiger partial charge in [-0.15, -0.1) is 0 Å². The van der Waals surface area contributed by atoms with Crippen molar-refractivity contribution in [1.29, 1.82) is 0 Å². The number of carbonyl (C=O) groups excluding carboxylic acids is 2. The third-order valence-electron chi connectivity index (χ3n) is 2.73. The van der Waals surface area contributed by atoms with Gasteiger partial charge in [0.25, 0.3) is 0 Å². The van der Waals surface area contributed by atoms with E-state index >= 15 is 0 Å². The Kier molecular flexibility index (Phi) is 4.55. The minimum atomic E-state index is -1.15. The Morgan fingerprint density at radius 1 is 1.00 bits per heavy atom. The molecule has 0 atom stereocenters. The molecule has 0 amide bonds. The number of hydrogen-bond acceptors (Lipinski definition) is 3. The molecule has 0 radical (unpaired) electrons. The van der Waals surface area contributed by atoms with E-state index in [1.165, 1.54) is 12.1 Å². The molecule has 102 valence electrons. The summed E-state index contributed by atoms with van der Waals surface area (Å²) >= 11 is 0. The molecule has 0 N–H and O–H groups in total. The van der Waals surface area contributed by atoms with Crippen LogP contribution in [0.3, 0.4) is 0 Å². The number of alkyl halides is 1. The smallest absolute Gasteiger partial charge is 0.340 e. The molecule has 0 saturated carbocycles. The standard InChI is InChI=1S/C15H13FNO3/c16-11-20-15(19)13-6-8-17(9-7-13)10-14(18)12-4-2-1-3-5-12/h1-9H,10-11H2/q+1. The number of esters is 1. The zero-order valence-electron chi connectivity index (χ0n) is 10.7. The summed E-state index contributed by atoms with van der Waals surface area (Å²) in [4.78, 5) is 23.2. The number of rotatable bonds is 5. The largest absolute Gasteiger partial charge is 0.430 e. The van der Waals surface area contributed by atoms with Crippen molar-refractivity contribution in [3.63, 3.8) is 0 Å². The highest BCUT2D eigenvalue weighted by atomic mass is 19.1. The van der Waals surface area contributed by atoms with Gasteiger partial charge in [0, 0.05) is 17.7 Å². The zero-order valence-corrected chi connectivity index (χ0v) is 10.7. The fraction of sp³-hybridized carbons (Fsp3) is 0.133. The van der Waals surface area contributed by atoms with Crippen LogP contribution < -0.4 is 4.57 Å². The summed E-state index contributed by atoms with van der Waals surface area (Å²) in [5, 5.41) is 0. The van der Waals surface area contributed by atoms with Crippen LogP contribution in [0.15, 0.2) is 54.9 Å². The van der Waals surface area contributed by atoms with Crippen LogP contribution >= 0.6 is 0 Å². The van der Waals surface area contributed by atoms with Crippen molar-refractivity contribution in [1.82, 2.24) is 0 Å². The van der Waals surface area contributed by atoms with E-state index in [9.17, 15) is 14.0 Å². The highest BCUT2D eigenvalue weighted by Crippen LogP contribution is 2.01. The van der Waals surface area contributed by atoms with Crippen molar-refractivity contribution in [3.8, 4) is 0 Å². The highest BCUT2D eigenvalue weighted by Gasteiger charge is 2.13. The highest BCUT2D eigenvalue weighted by molar-refractivity contribution is 5.95. The molecule has 2 aromatic rings. The number of carbonyl (C=O) groups is 2. The Labute approximate surface area is 115 Å². The average Bonchev–Trinajstić information content (AvgIpc) is 2.49. The third-order valence-corrected chi connectivity index (χ3v) is 2.73. The van der Waals surface area contributed by atoms with Crippen molar-refractivity contribution in [2.45, 2.75) is 6.54 Å². The molecule has 0 fully saturated rings. The first-order valence-corrected chi connectivity index (χ1v) is 6.01. The second-order valence-electron chi connectivity index (χ2n) is 4.09. The van der Waals surface area contributed by atoms with Crippen LogP contribution in [0.4, 0.5) is 4.39 Å². The van der Waals surface area contributed by atoms with Gasteiger partial charge in [0.15, 0.2) is 12.4 Å². The maximum absolute atomic E-state index is 12.0. The van der Waals surface area contributed by atoms with Crippen molar-refractivity contribution in [2.75, 3.05) is 6.86 Å². The van der Waals surface area contributed by atoms with Crippen LogP contribution in [0.2, 0.25) is 0 Å². The molecule has 0 aliphatic rings. The number of halogens is 1. The zero-order chi connectivity index (χ0) is 14.4. The van der Waals surface area contributed by atoms with E-state index in [4.69, 9.17) is 0 Å². The fourth-order valence-electron chi connectivity index (χ4n) is 1.71. The van der Waals surface area contributed by atoms with Gasteiger partial charge in [-0.1, -0.05) is 30.3 Å². The first kappa shape index (κ1) is 13.9. The number of Topliss-reactive ketones (excluding diaryl/α,β-unsaturated/α-hetero) is 1. The maximum Gasteiger partial charge on any atom is 0.340 e. The van der Waals surface area contributed by atoms with Gasteiger partial charge in [0.2, 0.25) is 19.2 Å². The molecule has 5 heteroatoms. The quantitative estimate of drug-likeness (QED) is 0.475. The Balaban J connectivity index is 2.04. The van der Waals surface area contributed by atoms with E-state index < -0.39 is 12.8 Å². The average molecular weight is 274 g/mol. The lowest BCUT2D eigenvalue weighted by Crippen LogP contribution is -2.37. The minimum absolute atomic E-state index is 0.0327. The van der Waals surface area contributed by atoms with E-state index in [0.29, 0.717) is 5.56 Å². The van der Waals surface area contributed by atoms with Crippen LogP contribution in [-0.2, 0) is 11.3 Å². The summed E-state index contributed by atoms with van der Waals surface area (Å²) in [5.41, 5.74) is 0.868. The summed E-state index contributed by atoms with van der Waals surface area (Å²) in [7, 11) is 0. The van der Waals surface area contributed by atoms with E-state index in [0.717, 1.165) is 0 Å². The van der Waals surface area contributed by atoms with Crippen LogP contribution in [0.25, 0.3) is 0 Å². The molecule has 0 spiro atoms. The number of ketones is 1. The monoisotopic (exact) mass is 274 g/mol. The second kappa shape index (κ2) is 6.56.